The highest BCUT2D eigenvalue weighted by molar-refractivity contribution is 5.78. The number of rotatable bonds is 13. The Bertz CT molecular complexity index is 289. The highest BCUT2D eigenvalue weighted by Gasteiger charge is 2.01. The summed E-state index contributed by atoms with van der Waals surface area (Å²) in [6.45, 7) is 0. The molecule has 0 radical (unpaired) electrons. The van der Waals surface area contributed by atoms with Crippen LogP contribution in [0, 0.1) is 12.3 Å². The highest BCUT2D eigenvalue weighted by Crippen LogP contribution is 2.10. The Hall–Kier alpha value is -1.30. The van der Waals surface area contributed by atoms with E-state index in [1.165, 1.54) is 0 Å². The molecule has 0 spiro atoms. The van der Waals surface area contributed by atoms with E-state index in [4.69, 9.17) is 11.5 Å². The van der Waals surface area contributed by atoms with E-state index in [1.54, 1.807) is 0 Å². The van der Waals surface area contributed by atoms with Crippen molar-refractivity contribution >= 4 is 11.8 Å². The third-order valence-electron chi connectivity index (χ3n) is 3.12. The quantitative estimate of drug-likeness (QED) is 0.405. The Morgan fingerprint density at radius 2 is 1.26 bits per heavy atom. The van der Waals surface area contributed by atoms with Crippen LogP contribution in [-0.2, 0) is 9.59 Å². The molecule has 0 saturated heterocycles. The van der Waals surface area contributed by atoms with Crippen molar-refractivity contribution in [3.8, 4) is 12.3 Å². The summed E-state index contributed by atoms with van der Waals surface area (Å²) in [6, 6.07) is 0. The summed E-state index contributed by atoms with van der Waals surface area (Å²) in [5, 5.41) is 8.47. The average molecular weight is 266 g/mol. The lowest BCUT2D eigenvalue weighted by atomic mass is 10.0. The normalized spacial score (nSPS) is 10.1. The number of unbranched alkanes of at least 4 members (excludes halogenated alkanes) is 7. The Morgan fingerprint density at radius 3 is 1.79 bits per heavy atom. The van der Waals surface area contributed by atoms with Gasteiger partial charge in [-0.1, -0.05) is 25.7 Å². The monoisotopic (exact) mass is 266 g/mol. The number of Topliss-reactive ketones (excluding diaryl/α,β-unsaturated/α-hetero) is 1. The zero-order valence-electron chi connectivity index (χ0n) is 11.8. The lowest BCUT2D eigenvalue weighted by Crippen LogP contribution is -1.97. The number of carboxylic acids is 1. The first kappa shape index (κ1) is 17.7. The van der Waals surface area contributed by atoms with E-state index in [0.29, 0.717) is 18.6 Å². The zero-order valence-corrected chi connectivity index (χ0v) is 11.8. The van der Waals surface area contributed by atoms with Gasteiger partial charge in [0, 0.05) is 25.7 Å². The van der Waals surface area contributed by atoms with Crippen LogP contribution in [0.2, 0.25) is 0 Å². The summed E-state index contributed by atoms with van der Waals surface area (Å²) >= 11 is 0. The molecule has 0 aliphatic heterocycles. The molecule has 0 bridgehead atoms. The third kappa shape index (κ3) is 14.6. The van der Waals surface area contributed by atoms with Crippen LogP contribution in [0.15, 0.2) is 0 Å². The summed E-state index contributed by atoms with van der Waals surface area (Å²) in [7, 11) is 0. The van der Waals surface area contributed by atoms with Gasteiger partial charge in [-0.05, 0) is 25.7 Å². The minimum atomic E-state index is -0.713. The third-order valence-corrected chi connectivity index (χ3v) is 3.12. The molecule has 0 aromatic heterocycles. The molecule has 3 nitrogen and oxygen atoms in total. The minimum absolute atomic E-state index is 0.274. The molecule has 0 aliphatic carbocycles. The fourth-order valence-corrected chi connectivity index (χ4v) is 1.98. The average Bonchev–Trinajstić information content (AvgIpc) is 2.37. The number of hydrogen-bond donors (Lipinski definition) is 1. The van der Waals surface area contributed by atoms with Gasteiger partial charge >= 0.3 is 5.97 Å². The van der Waals surface area contributed by atoms with E-state index >= 15 is 0 Å². The second-order valence-electron chi connectivity index (χ2n) is 4.96. The molecule has 0 unspecified atom stereocenters. The first-order valence-electron chi connectivity index (χ1n) is 7.33. The summed E-state index contributed by atoms with van der Waals surface area (Å²) in [5.74, 6) is 2.21. The molecular formula is C16H26O3. The Labute approximate surface area is 116 Å². The second-order valence-corrected chi connectivity index (χ2v) is 4.96. The van der Waals surface area contributed by atoms with Crippen molar-refractivity contribution < 1.29 is 14.7 Å². The van der Waals surface area contributed by atoms with Gasteiger partial charge in [0.25, 0.3) is 0 Å². The van der Waals surface area contributed by atoms with E-state index in [2.05, 4.69) is 5.92 Å². The molecular weight excluding hydrogens is 240 g/mol. The van der Waals surface area contributed by atoms with Gasteiger partial charge in [0.15, 0.2) is 0 Å². The van der Waals surface area contributed by atoms with Gasteiger partial charge in [-0.25, -0.2) is 0 Å². The zero-order chi connectivity index (χ0) is 14.3. The molecule has 0 atom stereocenters. The smallest absolute Gasteiger partial charge is 0.303 e. The molecule has 0 rings (SSSR count). The maximum atomic E-state index is 11.5. The van der Waals surface area contributed by atoms with Gasteiger partial charge in [0.05, 0.1) is 0 Å². The van der Waals surface area contributed by atoms with Crippen molar-refractivity contribution in [1.29, 1.82) is 0 Å². The van der Waals surface area contributed by atoms with Gasteiger partial charge < -0.3 is 5.11 Å². The topological polar surface area (TPSA) is 54.4 Å². The first-order chi connectivity index (χ1) is 9.16. The largest absolute Gasteiger partial charge is 0.481 e. The van der Waals surface area contributed by atoms with Crippen LogP contribution in [0.4, 0.5) is 0 Å². The lowest BCUT2D eigenvalue weighted by Gasteiger charge is -2.01. The second kappa shape index (κ2) is 13.1. The lowest BCUT2D eigenvalue weighted by molar-refractivity contribution is -0.137. The maximum Gasteiger partial charge on any atom is 0.303 e. The molecule has 0 amide bonds. The predicted octanol–water partition coefficient (Wildman–Crippen LogP) is 3.95. The fraction of sp³-hybridized carbons (Fsp3) is 0.750. The summed E-state index contributed by atoms with van der Waals surface area (Å²) in [4.78, 5) is 21.8. The number of terminal acetylenes is 1. The van der Waals surface area contributed by atoms with Gasteiger partial charge in [-0.15, -0.1) is 12.3 Å². The van der Waals surface area contributed by atoms with Crippen LogP contribution in [0.5, 0.6) is 0 Å². The van der Waals surface area contributed by atoms with Crippen LogP contribution < -0.4 is 0 Å². The molecule has 0 aromatic carbocycles. The number of hydrogen-bond acceptors (Lipinski definition) is 2. The first-order valence-corrected chi connectivity index (χ1v) is 7.33. The molecule has 0 aliphatic rings. The van der Waals surface area contributed by atoms with Crippen molar-refractivity contribution in [3.05, 3.63) is 0 Å². The Morgan fingerprint density at radius 1 is 0.789 bits per heavy atom. The molecule has 108 valence electrons. The van der Waals surface area contributed by atoms with E-state index in [1.807, 2.05) is 0 Å². The summed E-state index contributed by atoms with van der Waals surface area (Å²) in [6.07, 6.45) is 15.4. The summed E-state index contributed by atoms with van der Waals surface area (Å²) < 4.78 is 0. The molecule has 0 heterocycles. The van der Waals surface area contributed by atoms with E-state index in [9.17, 15) is 9.59 Å². The highest BCUT2D eigenvalue weighted by atomic mass is 16.4. The predicted molar refractivity (Wildman–Crippen MR) is 76.9 cm³/mol. The molecule has 19 heavy (non-hydrogen) atoms. The van der Waals surface area contributed by atoms with Gasteiger partial charge in [0.2, 0.25) is 0 Å². The Kier molecular flexibility index (Phi) is 12.2. The van der Waals surface area contributed by atoms with Crippen LogP contribution in [0.25, 0.3) is 0 Å². The van der Waals surface area contributed by atoms with Crippen LogP contribution in [0.3, 0.4) is 0 Å². The maximum absolute atomic E-state index is 11.5. The van der Waals surface area contributed by atoms with Crippen LogP contribution in [0.1, 0.15) is 77.0 Å². The van der Waals surface area contributed by atoms with Gasteiger partial charge in [-0.2, -0.15) is 0 Å². The van der Waals surface area contributed by atoms with Gasteiger partial charge in [0.1, 0.15) is 5.78 Å². The molecule has 3 heteroatoms. The number of carbonyl (C=O) groups excluding carboxylic acids is 1. The van der Waals surface area contributed by atoms with Crippen molar-refractivity contribution in [2.24, 2.45) is 0 Å². The standard InChI is InChI=1S/C16H26O3/c1-2-3-4-9-12-15(17)13-10-7-5-6-8-11-14-16(18)19/h1H,3-14H2,(H,18,19). The fourth-order valence-electron chi connectivity index (χ4n) is 1.98. The van der Waals surface area contributed by atoms with E-state index < -0.39 is 5.97 Å². The SMILES string of the molecule is C#CCCCCC(=O)CCCCCCCCC(=O)O. The molecule has 0 aromatic rings. The van der Waals surface area contributed by atoms with E-state index in [0.717, 1.165) is 57.8 Å². The number of aliphatic carboxylic acids is 1. The van der Waals surface area contributed by atoms with Crippen molar-refractivity contribution in [1.82, 2.24) is 0 Å². The van der Waals surface area contributed by atoms with Crippen molar-refractivity contribution in [2.75, 3.05) is 0 Å². The Balaban J connectivity index is 3.19. The van der Waals surface area contributed by atoms with Gasteiger partial charge in [-0.3, -0.25) is 9.59 Å². The molecule has 0 saturated carbocycles. The van der Waals surface area contributed by atoms with Crippen LogP contribution in [-0.4, -0.2) is 16.9 Å². The van der Waals surface area contributed by atoms with Crippen molar-refractivity contribution in [3.63, 3.8) is 0 Å². The number of ketones is 1. The summed E-state index contributed by atoms with van der Waals surface area (Å²) in [5.41, 5.74) is 0. The van der Waals surface area contributed by atoms with Crippen LogP contribution >= 0.6 is 0 Å². The number of carbonyl (C=O) groups is 2. The minimum Gasteiger partial charge on any atom is -0.481 e. The molecule has 0 fully saturated rings. The van der Waals surface area contributed by atoms with E-state index in [-0.39, 0.29) is 6.42 Å². The van der Waals surface area contributed by atoms with Crippen molar-refractivity contribution in [2.45, 2.75) is 77.0 Å². The molecule has 1 N–H and O–H groups in total. The number of carboxylic acid groups (broad SMARTS) is 1.